The molecule has 1 aromatic rings. The second-order valence-corrected chi connectivity index (χ2v) is 4.72. The van der Waals surface area contributed by atoms with Crippen LogP contribution in [-0.2, 0) is 19.1 Å². The summed E-state index contributed by atoms with van der Waals surface area (Å²) in [4.78, 5) is 34.9. The van der Waals surface area contributed by atoms with Crippen LogP contribution in [0.1, 0.15) is 24.8 Å². The summed E-state index contributed by atoms with van der Waals surface area (Å²) in [6, 6.07) is 7.33. The van der Waals surface area contributed by atoms with E-state index < -0.39 is 34.7 Å². The molecule has 2 unspecified atom stereocenters. The van der Waals surface area contributed by atoms with Gasteiger partial charge in [0.05, 0.1) is 20.1 Å². The molecule has 22 heavy (non-hydrogen) atoms. The van der Waals surface area contributed by atoms with Crippen LogP contribution in [0, 0.1) is 16.0 Å². The minimum Gasteiger partial charge on any atom is -0.468 e. The van der Waals surface area contributed by atoms with E-state index in [-0.39, 0.29) is 6.42 Å². The molecule has 0 aromatic heterocycles. The average Bonchev–Trinajstić information content (AvgIpc) is 2.54. The minimum atomic E-state index is -1.38. The molecule has 0 fully saturated rings. The summed E-state index contributed by atoms with van der Waals surface area (Å²) < 4.78 is 9.30. The minimum absolute atomic E-state index is 0.164. The van der Waals surface area contributed by atoms with E-state index in [0.717, 1.165) is 14.2 Å². The Hall–Kier alpha value is -2.44. The Bertz CT molecular complexity index is 514. The molecule has 0 radical (unpaired) electrons. The molecule has 0 bridgehead atoms. The Kier molecular flexibility index (Phi) is 6.49. The molecule has 0 saturated carbocycles. The standard InChI is InChI=1S/C15H19NO6/c1-4-11(16(19)20)12(10-8-6-5-7-9-10)13(14(17)21-2)15(18)22-3/h5-9,11-13H,4H2,1-3H3. The van der Waals surface area contributed by atoms with Crippen LogP contribution in [-0.4, -0.2) is 37.1 Å². The molecule has 7 heteroatoms. The molecule has 0 aliphatic heterocycles. The van der Waals surface area contributed by atoms with Crippen LogP contribution in [0.4, 0.5) is 0 Å². The second-order valence-electron chi connectivity index (χ2n) is 4.72. The lowest BCUT2D eigenvalue weighted by molar-refractivity contribution is -0.528. The quantitative estimate of drug-likeness (QED) is 0.330. The number of rotatable bonds is 7. The predicted molar refractivity (Wildman–Crippen MR) is 77.8 cm³/mol. The maximum absolute atomic E-state index is 12.0. The van der Waals surface area contributed by atoms with Crippen molar-refractivity contribution in [1.82, 2.24) is 0 Å². The Morgan fingerprint density at radius 3 is 2.00 bits per heavy atom. The van der Waals surface area contributed by atoms with Gasteiger partial charge in [-0.15, -0.1) is 0 Å². The number of nitrogens with zero attached hydrogens (tertiary/aromatic N) is 1. The van der Waals surface area contributed by atoms with Crippen molar-refractivity contribution in [2.24, 2.45) is 5.92 Å². The van der Waals surface area contributed by atoms with Crippen LogP contribution >= 0.6 is 0 Å². The number of ether oxygens (including phenoxy) is 2. The average molecular weight is 309 g/mol. The molecule has 1 aromatic carbocycles. The molecule has 1 rings (SSSR count). The van der Waals surface area contributed by atoms with E-state index in [2.05, 4.69) is 9.47 Å². The fourth-order valence-corrected chi connectivity index (χ4v) is 2.49. The summed E-state index contributed by atoms with van der Waals surface area (Å²) in [7, 11) is 2.26. The van der Waals surface area contributed by atoms with Gasteiger partial charge in [0.2, 0.25) is 6.04 Å². The van der Waals surface area contributed by atoms with Gasteiger partial charge in [0.25, 0.3) is 0 Å². The van der Waals surface area contributed by atoms with Crippen molar-refractivity contribution in [2.75, 3.05) is 14.2 Å². The van der Waals surface area contributed by atoms with Gasteiger partial charge < -0.3 is 9.47 Å². The molecule has 7 nitrogen and oxygen atoms in total. The summed E-state index contributed by atoms with van der Waals surface area (Å²) in [5.41, 5.74) is 0.520. The first-order valence-corrected chi connectivity index (χ1v) is 6.82. The highest BCUT2D eigenvalue weighted by Crippen LogP contribution is 2.33. The SMILES string of the molecule is CCC(C(c1ccccc1)C(C(=O)OC)C(=O)OC)[N+](=O)[O-]. The zero-order valence-electron chi connectivity index (χ0n) is 12.7. The Labute approximate surface area is 128 Å². The molecule has 0 aliphatic rings. The number of esters is 2. The first-order chi connectivity index (χ1) is 10.5. The zero-order valence-corrected chi connectivity index (χ0v) is 12.7. The Morgan fingerprint density at radius 1 is 1.14 bits per heavy atom. The number of hydrogen-bond donors (Lipinski definition) is 0. The number of methoxy groups -OCH3 is 2. The number of nitro groups is 1. The summed E-state index contributed by atoms with van der Waals surface area (Å²) in [5, 5.41) is 11.4. The fourth-order valence-electron chi connectivity index (χ4n) is 2.49. The highest BCUT2D eigenvalue weighted by molar-refractivity contribution is 5.96. The summed E-state index contributed by atoms with van der Waals surface area (Å²) in [5.74, 6) is -4.03. The normalized spacial score (nSPS) is 13.3. The van der Waals surface area contributed by atoms with E-state index in [4.69, 9.17) is 0 Å². The monoisotopic (exact) mass is 309 g/mol. The van der Waals surface area contributed by atoms with Crippen molar-refractivity contribution in [1.29, 1.82) is 0 Å². The molecule has 120 valence electrons. The van der Waals surface area contributed by atoms with Crippen LogP contribution < -0.4 is 0 Å². The van der Waals surface area contributed by atoms with E-state index in [1.807, 2.05) is 0 Å². The number of hydrogen-bond acceptors (Lipinski definition) is 6. The van der Waals surface area contributed by atoms with Crippen LogP contribution in [0.5, 0.6) is 0 Å². The van der Waals surface area contributed by atoms with Gasteiger partial charge in [-0.3, -0.25) is 19.7 Å². The molecule has 0 heterocycles. The lowest BCUT2D eigenvalue weighted by atomic mass is 9.79. The van der Waals surface area contributed by atoms with Crippen molar-refractivity contribution in [3.8, 4) is 0 Å². The van der Waals surface area contributed by atoms with Crippen LogP contribution in [0.15, 0.2) is 30.3 Å². The lowest BCUT2D eigenvalue weighted by Crippen LogP contribution is -2.40. The third-order valence-corrected chi connectivity index (χ3v) is 3.56. The third kappa shape index (κ3) is 3.81. The molecule has 0 spiro atoms. The van der Waals surface area contributed by atoms with Gasteiger partial charge in [-0.1, -0.05) is 37.3 Å². The molecular weight excluding hydrogens is 290 g/mol. The van der Waals surface area contributed by atoms with E-state index in [0.29, 0.717) is 5.56 Å². The van der Waals surface area contributed by atoms with Gasteiger partial charge in [0, 0.05) is 11.3 Å². The second kappa shape index (κ2) is 8.11. The van der Waals surface area contributed by atoms with Gasteiger partial charge in [-0.2, -0.15) is 0 Å². The summed E-state index contributed by atoms with van der Waals surface area (Å²) in [6.07, 6.45) is 0.164. The molecule has 0 aliphatic carbocycles. The van der Waals surface area contributed by atoms with E-state index in [1.165, 1.54) is 0 Å². The maximum atomic E-state index is 12.0. The van der Waals surface area contributed by atoms with Crippen LogP contribution in [0.2, 0.25) is 0 Å². The molecule has 0 saturated heterocycles. The third-order valence-electron chi connectivity index (χ3n) is 3.56. The van der Waals surface area contributed by atoms with Crippen LogP contribution in [0.3, 0.4) is 0 Å². The van der Waals surface area contributed by atoms with Gasteiger partial charge in [-0.05, 0) is 5.56 Å². The van der Waals surface area contributed by atoms with E-state index in [9.17, 15) is 19.7 Å². The van der Waals surface area contributed by atoms with Crippen molar-refractivity contribution in [2.45, 2.75) is 25.3 Å². The first-order valence-electron chi connectivity index (χ1n) is 6.82. The van der Waals surface area contributed by atoms with Crippen molar-refractivity contribution in [3.63, 3.8) is 0 Å². The van der Waals surface area contributed by atoms with Crippen molar-refractivity contribution < 1.29 is 24.0 Å². The van der Waals surface area contributed by atoms with E-state index >= 15 is 0 Å². The topological polar surface area (TPSA) is 95.7 Å². The fraction of sp³-hybridized carbons (Fsp3) is 0.467. The number of carbonyl (C=O) groups excluding carboxylic acids is 2. The summed E-state index contributed by atoms with van der Waals surface area (Å²) in [6.45, 7) is 1.63. The van der Waals surface area contributed by atoms with Gasteiger partial charge in [0.15, 0.2) is 5.92 Å². The highest BCUT2D eigenvalue weighted by Gasteiger charge is 2.46. The zero-order chi connectivity index (χ0) is 16.7. The number of carbonyl (C=O) groups is 2. The first kappa shape index (κ1) is 17.6. The molecule has 0 N–H and O–H groups in total. The summed E-state index contributed by atoms with van der Waals surface area (Å²) >= 11 is 0. The maximum Gasteiger partial charge on any atom is 0.320 e. The molecule has 0 amide bonds. The predicted octanol–water partition coefficient (Wildman–Crippen LogP) is 1.79. The van der Waals surface area contributed by atoms with Crippen molar-refractivity contribution >= 4 is 11.9 Å². The highest BCUT2D eigenvalue weighted by atomic mass is 16.6. The van der Waals surface area contributed by atoms with Gasteiger partial charge in [-0.25, -0.2) is 0 Å². The van der Waals surface area contributed by atoms with Gasteiger partial charge >= 0.3 is 11.9 Å². The van der Waals surface area contributed by atoms with E-state index in [1.54, 1.807) is 37.3 Å². The Morgan fingerprint density at radius 2 is 1.64 bits per heavy atom. The smallest absolute Gasteiger partial charge is 0.320 e. The van der Waals surface area contributed by atoms with Gasteiger partial charge in [0.1, 0.15) is 0 Å². The lowest BCUT2D eigenvalue weighted by Gasteiger charge is -2.25. The van der Waals surface area contributed by atoms with Crippen molar-refractivity contribution in [3.05, 3.63) is 46.0 Å². The number of benzene rings is 1. The molecule has 2 atom stereocenters. The largest absolute Gasteiger partial charge is 0.468 e. The molecular formula is C15H19NO6. The van der Waals surface area contributed by atoms with Crippen LogP contribution in [0.25, 0.3) is 0 Å². The Balaban J connectivity index is 3.42.